The van der Waals surface area contributed by atoms with E-state index in [0.29, 0.717) is 0 Å². The summed E-state index contributed by atoms with van der Waals surface area (Å²) in [5, 5.41) is 2.99. The van der Waals surface area contributed by atoms with E-state index in [1.54, 1.807) is 0 Å². The third-order valence-electron chi connectivity index (χ3n) is 5.41. The Balaban J connectivity index is 2.54. The smallest absolute Gasteiger partial charge is 0.393 e. The van der Waals surface area contributed by atoms with E-state index in [4.69, 9.17) is 4.74 Å². The lowest BCUT2D eigenvalue weighted by molar-refractivity contribution is -0.428. The minimum atomic E-state index is -7.85. The number of halogens is 13. The summed E-state index contributed by atoms with van der Waals surface area (Å²) in [7, 11) is 0. The molecule has 0 aliphatic carbocycles. The fourth-order valence-corrected chi connectivity index (χ4v) is 3.30. The van der Waals surface area contributed by atoms with E-state index in [1.807, 2.05) is 0 Å². The van der Waals surface area contributed by atoms with Crippen LogP contribution >= 0.6 is 11.6 Å². The second-order valence-corrected chi connectivity index (χ2v) is 8.63. The van der Waals surface area contributed by atoms with Crippen molar-refractivity contribution in [3.8, 4) is 0 Å². The summed E-state index contributed by atoms with van der Waals surface area (Å²) in [5.41, 5.74) is 0.153. The number of benzene rings is 2. The molecule has 39 heavy (non-hydrogen) atoms. The van der Waals surface area contributed by atoms with Gasteiger partial charge in [-0.05, 0) is 22.7 Å². The van der Waals surface area contributed by atoms with Crippen LogP contribution in [-0.2, 0) is 22.7 Å². The van der Waals surface area contributed by atoms with Gasteiger partial charge >= 0.3 is 35.0 Å². The minimum absolute atomic E-state index is 0.0354. The maximum atomic E-state index is 15.1. The van der Waals surface area contributed by atoms with Crippen molar-refractivity contribution in [2.45, 2.75) is 60.4 Å². The van der Waals surface area contributed by atoms with Crippen LogP contribution in [0.1, 0.15) is 11.1 Å². The molecule has 0 radical (unpaired) electrons. The highest BCUT2D eigenvalue weighted by Gasteiger charge is 2.91. The van der Waals surface area contributed by atoms with E-state index in [0.717, 1.165) is 0 Å². The molecule has 0 heterocycles. The standard InChI is InChI=1S/C23H19ClF12O3/c24-23(35,36)22(33,34)21(31,32)20(29,30)19(27,28)18(25,26)17(39-13-15-9-5-2-6-10-15)16(11-37)38-12-14-7-3-1-4-8-14/h1-10,16-17,37H,11-13H2/t16-,17+/m0/s1. The van der Waals surface area contributed by atoms with Gasteiger partial charge in [-0.1, -0.05) is 60.7 Å². The Morgan fingerprint density at radius 3 is 1.36 bits per heavy atom. The third kappa shape index (κ3) is 6.25. The van der Waals surface area contributed by atoms with E-state index in [-0.39, 0.29) is 11.1 Å². The molecule has 0 saturated carbocycles. The molecule has 2 aromatic rings. The molecule has 0 aliphatic heterocycles. The molecule has 2 atom stereocenters. The van der Waals surface area contributed by atoms with Gasteiger partial charge in [-0.25, -0.2) is 0 Å². The van der Waals surface area contributed by atoms with Crippen molar-refractivity contribution in [1.29, 1.82) is 0 Å². The van der Waals surface area contributed by atoms with Gasteiger partial charge in [0.15, 0.2) is 6.10 Å². The molecular formula is C23H19ClF12O3. The fraction of sp³-hybridized carbons (Fsp3) is 0.478. The van der Waals surface area contributed by atoms with Crippen molar-refractivity contribution in [2.24, 2.45) is 0 Å². The van der Waals surface area contributed by atoms with Gasteiger partial charge in [0.1, 0.15) is 6.10 Å². The molecule has 0 saturated heterocycles. The topological polar surface area (TPSA) is 38.7 Å². The maximum Gasteiger partial charge on any atom is 0.393 e. The number of aliphatic hydroxyl groups is 1. The Hall–Kier alpha value is -2.23. The lowest BCUT2D eigenvalue weighted by atomic mass is 9.90. The zero-order valence-electron chi connectivity index (χ0n) is 19.2. The first kappa shape index (κ1) is 33.0. The predicted octanol–water partition coefficient (Wildman–Crippen LogP) is 7.16. The first-order valence-corrected chi connectivity index (χ1v) is 11.0. The second kappa shape index (κ2) is 11.7. The van der Waals surface area contributed by atoms with Gasteiger partial charge in [0.2, 0.25) is 0 Å². The Morgan fingerprint density at radius 1 is 0.590 bits per heavy atom. The Kier molecular flexibility index (Phi) is 9.90. The predicted molar refractivity (Wildman–Crippen MR) is 113 cm³/mol. The molecule has 0 bridgehead atoms. The highest BCUT2D eigenvalue weighted by Crippen LogP contribution is 2.61. The van der Waals surface area contributed by atoms with Crippen molar-refractivity contribution in [2.75, 3.05) is 6.61 Å². The van der Waals surface area contributed by atoms with Crippen LogP contribution in [0.3, 0.4) is 0 Å². The zero-order chi connectivity index (χ0) is 29.9. The fourth-order valence-electron chi connectivity index (χ4n) is 3.18. The van der Waals surface area contributed by atoms with Crippen LogP contribution in [-0.4, -0.2) is 58.9 Å². The van der Waals surface area contributed by atoms with Crippen LogP contribution in [0, 0.1) is 0 Å². The zero-order valence-corrected chi connectivity index (χ0v) is 20.0. The molecule has 0 fully saturated rings. The lowest BCUT2D eigenvalue weighted by Gasteiger charge is -2.43. The Morgan fingerprint density at radius 2 is 0.974 bits per heavy atom. The van der Waals surface area contributed by atoms with E-state index in [9.17, 15) is 49.0 Å². The SMILES string of the molecule is OC[C@H](OCc1ccccc1)[C@@H](OCc1ccccc1)C(F)(F)C(F)(F)C(F)(F)C(F)(F)C(F)(F)C(F)(F)Cl. The first-order chi connectivity index (χ1) is 17.8. The highest BCUT2D eigenvalue weighted by atomic mass is 35.5. The molecule has 0 unspecified atom stereocenters. The maximum absolute atomic E-state index is 15.1. The van der Waals surface area contributed by atoms with Crippen LogP contribution < -0.4 is 0 Å². The largest absolute Gasteiger partial charge is 0.394 e. The van der Waals surface area contributed by atoms with Gasteiger partial charge in [-0.15, -0.1) is 0 Å². The van der Waals surface area contributed by atoms with Gasteiger partial charge < -0.3 is 14.6 Å². The molecule has 16 heteroatoms. The van der Waals surface area contributed by atoms with E-state index in [1.165, 1.54) is 60.7 Å². The molecule has 0 aliphatic rings. The molecule has 0 amide bonds. The summed E-state index contributed by atoms with van der Waals surface area (Å²) >= 11 is 3.73. The summed E-state index contributed by atoms with van der Waals surface area (Å²) < 4.78 is 178. The van der Waals surface area contributed by atoms with E-state index < -0.39 is 67.0 Å². The molecule has 3 nitrogen and oxygen atoms in total. The van der Waals surface area contributed by atoms with Crippen molar-refractivity contribution in [3.05, 3.63) is 71.8 Å². The van der Waals surface area contributed by atoms with Gasteiger partial charge in [0.25, 0.3) is 0 Å². The summed E-state index contributed by atoms with van der Waals surface area (Å²) in [6.45, 7) is -3.43. The van der Waals surface area contributed by atoms with Crippen molar-refractivity contribution in [3.63, 3.8) is 0 Å². The number of hydrogen-bond acceptors (Lipinski definition) is 3. The number of hydrogen-bond donors (Lipinski definition) is 1. The lowest BCUT2D eigenvalue weighted by Crippen LogP contribution is -2.72. The van der Waals surface area contributed by atoms with Crippen LogP contribution in [0.15, 0.2) is 60.7 Å². The average molecular weight is 607 g/mol. The van der Waals surface area contributed by atoms with Gasteiger partial charge in [0, 0.05) is 0 Å². The van der Waals surface area contributed by atoms with Crippen LogP contribution in [0.25, 0.3) is 0 Å². The van der Waals surface area contributed by atoms with Gasteiger partial charge in [-0.2, -0.15) is 52.7 Å². The molecule has 2 aromatic carbocycles. The third-order valence-corrected chi connectivity index (χ3v) is 5.65. The number of rotatable bonds is 14. The second-order valence-electron chi connectivity index (χ2n) is 8.15. The van der Waals surface area contributed by atoms with Crippen LogP contribution in [0.5, 0.6) is 0 Å². The summed E-state index contributed by atoms with van der Waals surface area (Å²) in [6.07, 6.45) is -6.34. The van der Waals surface area contributed by atoms with Crippen molar-refractivity contribution in [1.82, 2.24) is 0 Å². The summed E-state index contributed by atoms with van der Waals surface area (Å²) in [4.78, 5) is 0. The number of alkyl halides is 13. The van der Waals surface area contributed by atoms with E-state index in [2.05, 4.69) is 16.3 Å². The van der Waals surface area contributed by atoms with Crippen LogP contribution in [0.2, 0.25) is 0 Å². The van der Waals surface area contributed by atoms with E-state index >= 15 is 8.78 Å². The molecule has 220 valence electrons. The molecule has 1 N–H and O–H groups in total. The monoisotopic (exact) mass is 606 g/mol. The summed E-state index contributed by atoms with van der Waals surface area (Å²) in [6, 6.07) is 13.5. The molecule has 0 spiro atoms. The number of ether oxygens (including phenoxy) is 2. The molecule has 2 rings (SSSR count). The van der Waals surface area contributed by atoms with Crippen LogP contribution in [0.4, 0.5) is 52.7 Å². The van der Waals surface area contributed by atoms with Crippen molar-refractivity contribution >= 4 is 11.6 Å². The molecule has 0 aromatic heterocycles. The summed E-state index contributed by atoms with van der Waals surface area (Å²) in [5.74, 6) is -37.1. The Bertz CT molecular complexity index is 1050. The van der Waals surface area contributed by atoms with Gasteiger partial charge in [-0.3, -0.25) is 0 Å². The van der Waals surface area contributed by atoms with Gasteiger partial charge in [0.05, 0.1) is 19.8 Å². The normalized spacial score (nSPS) is 15.7. The number of aliphatic hydroxyl groups excluding tert-OH is 1. The van der Waals surface area contributed by atoms with Crippen molar-refractivity contribution < 1.29 is 67.3 Å². The highest BCUT2D eigenvalue weighted by molar-refractivity contribution is 6.22. The quantitative estimate of drug-likeness (QED) is 0.183. The average Bonchev–Trinajstić information content (AvgIpc) is 2.85. The first-order valence-electron chi connectivity index (χ1n) is 10.6. The Labute approximate surface area is 218 Å². The molecular weight excluding hydrogens is 588 g/mol. The minimum Gasteiger partial charge on any atom is -0.394 e.